The number of benzene rings is 1. The van der Waals surface area contributed by atoms with Gasteiger partial charge in [0.2, 0.25) is 5.91 Å². The van der Waals surface area contributed by atoms with Crippen LogP contribution in [0.15, 0.2) is 36.5 Å². The summed E-state index contributed by atoms with van der Waals surface area (Å²) in [5, 5.41) is 3.29. The van der Waals surface area contributed by atoms with Crippen molar-refractivity contribution in [1.29, 1.82) is 0 Å². The van der Waals surface area contributed by atoms with Crippen molar-refractivity contribution in [2.45, 2.75) is 31.5 Å². The monoisotopic (exact) mass is 349 g/mol. The van der Waals surface area contributed by atoms with Crippen molar-refractivity contribution in [2.24, 2.45) is 0 Å². The third kappa shape index (κ3) is 3.51. The molecule has 1 aromatic carbocycles. The first-order valence-corrected chi connectivity index (χ1v) is 7.95. The number of nitrogens with one attached hydrogen (secondary N) is 1. The Hall–Kier alpha value is -2.41. The van der Waals surface area contributed by atoms with Crippen LogP contribution in [0.1, 0.15) is 36.7 Å². The van der Waals surface area contributed by atoms with E-state index in [9.17, 15) is 18.0 Å². The van der Waals surface area contributed by atoms with Crippen LogP contribution in [0.25, 0.3) is 0 Å². The molecule has 0 aliphatic carbocycles. The number of likely N-dealkylation sites (tertiary alicyclic amines) is 1. The van der Waals surface area contributed by atoms with Crippen molar-refractivity contribution in [1.82, 2.24) is 15.2 Å². The number of hydrogen-bond acceptors (Lipinski definition) is 3. The van der Waals surface area contributed by atoms with Gasteiger partial charge in [0.25, 0.3) is 0 Å². The Labute approximate surface area is 143 Å². The second-order valence-corrected chi connectivity index (χ2v) is 6.22. The standard InChI is InChI=1S/C18H18F3N3O/c1-10(15-6-4-12(19)9-22-15)23-16-8-17(25)24(2)18(16)11-3-5-13(20)14(21)7-11/h3-7,9-10,16,18,23H,8H2,1-2H3. The number of likely N-dealkylation sites (N-methyl/N-ethyl adjacent to an activating group) is 1. The number of amides is 1. The van der Waals surface area contributed by atoms with E-state index >= 15 is 0 Å². The van der Waals surface area contributed by atoms with E-state index in [2.05, 4.69) is 10.3 Å². The molecule has 4 nitrogen and oxygen atoms in total. The lowest BCUT2D eigenvalue weighted by Crippen LogP contribution is -2.37. The lowest BCUT2D eigenvalue weighted by atomic mass is 9.98. The zero-order valence-corrected chi connectivity index (χ0v) is 13.8. The molecule has 1 aliphatic rings. The number of carbonyl (C=O) groups excluding carboxylic acids is 1. The van der Waals surface area contributed by atoms with Gasteiger partial charge >= 0.3 is 0 Å². The fourth-order valence-corrected chi connectivity index (χ4v) is 3.22. The number of pyridine rings is 1. The molecular formula is C18H18F3N3O. The third-order valence-corrected chi connectivity index (χ3v) is 4.53. The minimum absolute atomic E-state index is 0.0912. The van der Waals surface area contributed by atoms with Crippen LogP contribution in [0.2, 0.25) is 0 Å². The number of nitrogens with zero attached hydrogens (tertiary/aromatic N) is 2. The summed E-state index contributed by atoms with van der Waals surface area (Å²) in [4.78, 5) is 17.7. The van der Waals surface area contributed by atoms with E-state index in [1.54, 1.807) is 13.1 Å². The first-order chi connectivity index (χ1) is 11.9. The maximum atomic E-state index is 13.6. The molecule has 0 bridgehead atoms. The molecule has 3 atom stereocenters. The summed E-state index contributed by atoms with van der Waals surface area (Å²) >= 11 is 0. The first kappa shape index (κ1) is 17.4. The summed E-state index contributed by atoms with van der Waals surface area (Å²) < 4.78 is 39.8. The SMILES string of the molecule is CC(NC1CC(=O)N(C)C1c1ccc(F)c(F)c1)c1ccc(F)cn1. The second-order valence-electron chi connectivity index (χ2n) is 6.22. The Morgan fingerprint density at radius 3 is 2.60 bits per heavy atom. The van der Waals surface area contributed by atoms with Gasteiger partial charge in [-0.1, -0.05) is 6.07 Å². The fourth-order valence-electron chi connectivity index (χ4n) is 3.22. The van der Waals surface area contributed by atoms with Gasteiger partial charge in [-0.3, -0.25) is 9.78 Å². The van der Waals surface area contributed by atoms with Gasteiger partial charge in [-0.15, -0.1) is 0 Å². The molecule has 1 fully saturated rings. The van der Waals surface area contributed by atoms with Crippen molar-refractivity contribution < 1.29 is 18.0 Å². The highest BCUT2D eigenvalue weighted by molar-refractivity contribution is 5.80. The number of aromatic nitrogens is 1. The minimum Gasteiger partial charge on any atom is -0.337 e. The summed E-state index contributed by atoms with van der Waals surface area (Å²) in [6, 6.07) is 5.58. The average Bonchev–Trinajstić information content (AvgIpc) is 2.85. The zero-order valence-electron chi connectivity index (χ0n) is 13.8. The Balaban J connectivity index is 1.84. The number of halogens is 3. The lowest BCUT2D eigenvalue weighted by Gasteiger charge is -2.28. The van der Waals surface area contributed by atoms with Gasteiger partial charge in [-0.2, -0.15) is 0 Å². The zero-order chi connectivity index (χ0) is 18.1. The number of rotatable bonds is 4. The molecular weight excluding hydrogens is 331 g/mol. The van der Waals surface area contributed by atoms with E-state index in [4.69, 9.17) is 0 Å². The van der Waals surface area contributed by atoms with Crippen molar-refractivity contribution in [3.63, 3.8) is 0 Å². The highest BCUT2D eigenvalue weighted by Gasteiger charge is 2.39. The van der Waals surface area contributed by atoms with Crippen molar-refractivity contribution in [3.05, 3.63) is 65.2 Å². The lowest BCUT2D eigenvalue weighted by molar-refractivity contribution is -0.127. The normalized spacial score (nSPS) is 21.6. The highest BCUT2D eigenvalue weighted by atomic mass is 19.2. The first-order valence-electron chi connectivity index (χ1n) is 7.95. The number of carbonyl (C=O) groups is 1. The summed E-state index contributed by atoms with van der Waals surface area (Å²) in [5.74, 6) is -2.39. The molecule has 25 heavy (non-hydrogen) atoms. The van der Waals surface area contributed by atoms with Crippen LogP contribution in [0.4, 0.5) is 13.2 Å². The maximum Gasteiger partial charge on any atom is 0.224 e. The van der Waals surface area contributed by atoms with Gasteiger partial charge in [0.15, 0.2) is 11.6 Å². The topological polar surface area (TPSA) is 45.2 Å². The van der Waals surface area contributed by atoms with Crippen molar-refractivity contribution >= 4 is 5.91 Å². The predicted molar refractivity (Wildman–Crippen MR) is 86.0 cm³/mol. The van der Waals surface area contributed by atoms with Crippen LogP contribution >= 0.6 is 0 Å². The van der Waals surface area contributed by atoms with E-state index in [1.165, 1.54) is 17.0 Å². The van der Waals surface area contributed by atoms with Crippen LogP contribution in [0, 0.1) is 17.5 Å². The van der Waals surface area contributed by atoms with E-state index < -0.39 is 23.5 Å². The molecule has 1 aliphatic heterocycles. The molecule has 0 spiro atoms. The molecule has 0 radical (unpaired) electrons. The second kappa shape index (κ2) is 6.84. The van der Waals surface area contributed by atoms with Crippen molar-refractivity contribution in [3.8, 4) is 0 Å². The van der Waals surface area contributed by atoms with Crippen LogP contribution in [0.3, 0.4) is 0 Å². The molecule has 1 amide bonds. The van der Waals surface area contributed by atoms with Gasteiger partial charge in [-0.05, 0) is 36.8 Å². The Morgan fingerprint density at radius 1 is 1.20 bits per heavy atom. The van der Waals surface area contributed by atoms with Gasteiger partial charge < -0.3 is 10.2 Å². The molecule has 1 saturated heterocycles. The molecule has 0 saturated carbocycles. The molecule has 132 valence electrons. The molecule has 1 N–H and O–H groups in total. The van der Waals surface area contributed by atoms with Crippen LogP contribution in [-0.4, -0.2) is 28.9 Å². The van der Waals surface area contributed by atoms with E-state index in [-0.39, 0.29) is 24.4 Å². The average molecular weight is 349 g/mol. The van der Waals surface area contributed by atoms with Gasteiger partial charge in [0, 0.05) is 25.6 Å². The highest BCUT2D eigenvalue weighted by Crippen LogP contribution is 2.33. The summed E-state index contributed by atoms with van der Waals surface area (Å²) in [6.45, 7) is 1.85. The van der Waals surface area contributed by atoms with E-state index in [0.29, 0.717) is 11.3 Å². The summed E-state index contributed by atoms with van der Waals surface area (Å²) in [6.07, 6.45) is 1.36. The smallest absolute Gasteiger partial charge is 0.224 e. The maximum absolute atomic E-state index is 13.6. The molecule has 3 unspecified atom stereocenters. The van der Waals surface area contributed by atoms with Crippen LogP contribution in [-0.2, 0) is 4.79 Å². The molecule has 1 aromatic heterocycles. The molecule has 3 rings (SSSR count). The molecule has 7 heteroatoms. The third-order valence-electron chi connectivity index (χ3n) is 4.53. The van der Waals surface area contributed by atoms with Crippen molar-refractivity contribution in [2.75, 3.05) is 7.05 Å². The quantitative estimate of drug-likeness (QED) is 0.922. The Morgan fingerprint density at radius 2 is 1.96 bits per heavy atom. The fraction of sp³-hybridized carbons (Fsp3) is 0.333. The van der Waals surface area contributed by atoms with Gasteiger partial charge in [-0.25, -0.2) is 13.2 Å². The van der Waals surface area contributed by atoms with Gasteiger partial charge in [0.1, 0.15) is 5.82 Å². The minimum atomic E-state index is -0.947. The van der Waals surface area contributed by atoms with Crippen LogP contribution in [0.5, 0.6) is 0 Å². The number of hydrogen-bond donors (Lipinski definition) is 1. The Kier molecular flexibility index (Phi) is 4.76. The van der Waals surface area contributed by atoms with Crippen LogP contribution < -0.4 is 5.32 Å². The molecule has 2 aromatic rings. The van der Waals surface area contributed by atoms with Gasteiger partial charge in [0.05, 0.1) is 17.9 Å². The summed E-state index contributed by atoms with van der Waals surface area (Å²) in [7, 11) is 1.64. The molecule has 2 heterocycles. The van der Waals surface area contributed by atoms with E-state index in [0.717, 1.165) is 18.3 Å². The largest absolute Gasteiger partial charge is 0.337 e. The summed E-state index contributed by atoms with van der Waals surface area (Å²) in [5.41, 5.74) is 1.15. The van der Waals surface area contributed by atoms with E-state index in [1.807, 2.05) is 6.92 Å². The Bertz CT molecular complexity index is 782. The predicted octanol–water partition coefficient (Wildman–Crippen LogP) is 3.12.